The molecule has 10 heavy (non-hydrogen) atoms. The Morgan fingerprint density at radius 1 is 1.60 bits per heavy atom. The van der Waals surface area contributed by atoms with Gasteiger partial charge in [0.15, 0.2) is 0 Å². The summed E-state index contributed by atoms with van der Waals surface area (Å²) in [6.45, 7) is 3.98. The zero-order chi connectivity index (χ0) is 7.98. The highest BCUT2D eigenvalue weighted by molar-refractivity contribution is 5.46. The molecule has 1 aromatic rings. The van der Waals surface area contributed by atoms with Crippen LogP contribution in [0, 0.1) is 19.3 Å². The van der Waals surface area contributed by atoms with Crippen molar-refractivity contribution in [3.63, 3.8) is 0 Å². The van der Waals surface area contributed by atoms with E-state index in [2.05, 4.69) is 5.73 Å². The van der Waals surface area contributed by atoms with Gasteiger partial charge < -0.3 is 10.2 Å². The van der Waals surface area contributed by atoms with Gasteiger partial charge in [-0.3, -0.25) is 5.41 Å². The molecule has 1 aromatic heterocycles. The van der Waals surface area contributed by atoms with Crippen LogP contribution >= 0.6 is 0 Å². The van der Waals surface area contributed by atoms with Crippen LogP contribution in [-0.2, 0) is 0 Å². The Bertz CT molecular complexity index is 177. The molecule has 3 nitrogen and oxygen atoms in total. The first-order valence-electron chi connectivity index (χ1n) is 2.93. The number of nitrogens with one attached hydrogen (secondary N) is 1. The van der Waals surface area contributed by atoms with Crippen molar-refractivity contribution in [3.8, 4) is 0 Å². The fourth-order valence-electron chi connectivity index (χ4n) is 0.448. The van der Waals surface area contributed by atoms with Crippen molar-refractivity contribution in [1.29, 1.82) is 5.41 Å². The second-order valence-electron chi connectivity index (χ2n) is 1.83. The van der Waals surface area contributed by atoms with Crippen molar-refractivity contribution in [2.75, 3.05) is 0 Å². The third-order valence-corrected chi connectivity index (χ3v) is 1.12. The molecule has 0 aliphatic heterocycles. The number of hydrogen-bond acceptors (Lipinski definition) is 2. The molecule has 0 fully saturated rings. The quantitative estimate of drug-likeness (QED) is 0.423. The first kappa shape index (κ1) is 8.75. The van der Waals surface area contributed by atoms with Gasteiger partial charge in [-0.25, -0.2) is 0 Å². The number of rotatable bonds is 0. The maximum absolute atomic E-state index is 5.86. The summed E-state index contributed by atoms with van der Waals surface area (Å²) in [4.78, 5) is 0. The summed E-state index contributed by atoms with van der Waals surface area (Å²) in [6, 6.07) is 1.95. The van der Waals surface area contributed by atoms with Crippen LogP contribution in [0.4, 0.5) is 0 Å². The average Bonchev–Trinajstić information content (AvgIpc) is 2.19. The van der Waals surface area contributed by atoms with E-state index in [4.69, 9.17) is 9.83 Å². The van der Waals surface area contributed by atoms with E-state index in [1.54, 1.807) is 6.26 Å². The third-order valence-electron chi connectivity index (χ3n) is 1.12. The molecule has 56 valence electrons. The fraction of sp³-hybridized carbons (Fsp3) is 0.286. The molecule has 0 aliphatic rings. The van der Waals surface area contributed by atoms with Gasteiger partial charge in [-0.15, -0.1) is 0 Å². The molecule has 0 spiro atoms. The molecule has 0 atom stereocenters. The second kappa shape index (κ2) is 4.61. The van der Waals surface area contributed by atoms with Gasteiger partial charge in [0.25, 0.3) is 0 Å². The van der Waals surface area contributed by atoms with Gasteiger partial charge in [-0.1, -0.05) is 0 Å². The molecular formula is C7H12N2O. The van der Waals surface area contributed by atoms with E-state index >= 15 is 0 Å². The average molecular weight is 140 g/mol. The molecule has 0 radical (unpaired) electrons. The van der Waals surface area contributed by atoms with E-state index in [9.17, 15) is 0 Å². The summed E-state index contributed by atoms with van der Waals surface area (Å²) in [7, 11) is 0. The Morgan fingerprint density at radius 2 is 2.10 bits per heavy atom. The monoisotopic (exact) mass is 140 g/mol. The van der Waals surface area contributed by atoms with Crippen molar-refractivity contribution in [1.82, 2.24) is 0 Å². The van der Waals surface area contributed by atoms with Crippen LogP contribution in [0.5, 0.6) is 0 Å². The van der Waals surface area contributed by atoms with Crippen LogP contribution in [0.1, 0.15) is 11.3 Å². The highest BCUT2D eigenvalue weighted by atomic mass is 16.3. The summed E-state index contributed by atoms with van der Waals surface area (Å²) in [5, 5.41) is 5.86. The van der Waals surface area contributed by atoms with Crippen LogP contribution in [0.15, 0.2) is 16.7 Å². The lowest BCUT2D eigenvalue weighted by molar-refractivity contribution is 0.532. The summed E-state index contributed by atoms with van der Waals surface area (Å²) in [5.74, 6) is 1.01. The van der Waals surface area contributed by atoms with Crippen molar-refractivity contribution in [2.45, 2.75) is 13.8 Å². The predicted octanol–water partition coefficient (Wildman–Crippen LogP) is 1.45. The SMILES string of the molecule is Cc1ccoc1C.N=CN. The number of nitrogens with two attached hydrogens (primary N) is 1. The molecular weight excluding hydrogens is 128 g/mol. The summed E-state index contributed by atoms with van der Waals surface area (Å²) >= 11 is 0. The largest absolute Gasteiger partial charge is 0.469 e. The number of furan rings is 1. The normalized spacial score (nSPS) is 7.80. The lowest BCUT2D eigenvalue weighted by Crippen LogP contribution is -1.81. The highest BCUT2D eigenvalue weighted by Crippen LogP contribution is 2.04. The van der Waals surface area contributed by atoms with E-state index in [0.29, 0.717) is 0 Å². The second-order valence-corrected chi connectivity index (χ2v) is 1.83. The van der Waals surface area contributed by atoms with Crippen molar-refractivity contribution >= 4 is 6.34 Å². The minimum atomic E-state index is 0.750. The summed E-state index contributed by atoms with van der Waals surface area (Å²) in [5.41, 5.74) is 5.61. The van der Waals surface area contributed by atoms with Crippen LogP contribution in [-0.4, -0.2) is 6.34 Å². The molecule has 0 bridgehead atoms. The van der Waals surface area contributed by atoms with E-state index in [0.717, 1.165) is 12.1 Å². The first-order valence-corrected chi connectivity index (χ1v) is 2.93. The molecule has 1 rings (SSSR count). The molecule has 0 saturated carbocycles. The van der Waals surface area contributed by atoms with E-state index in [1.165, 1.54) is 5.56 Å². The van der Waals surface area contributed by atoms with Crippen molar-refractivity contribution in [3.05, 3.63) is 23.7 Å². The molecule has 3 N–H and O–H groups in total. The Kier molecular flexibility index (Phi) is 4.04. The lowest BCUT2D eigenvalue weighted by atomic mass is 10.3. The minimum Gasteiger partial charge on any atom is -0.469 e. The van der Waals surface area contributed by atoms with E-state index < -0.39 is 0 Å². The topological polar surface area (TPSA) is 63.0 Å². The molecule has 1 heterocycles. The maximum atomic E-state index is 5.86. The van der Waals surface area contributed by atoms with Crippen LogP contribution in [0.25, 0.3) is 0 Å². The smallest absolute Gasteiger partial charge is 0.103 e. The highest BCUT2D eigenvalue weighted by Gasteiger charge is 1.88. The van der Waals surface area contributed by atoms with Crippen molar-refractivity contribution in [2.24, 2.45) is 5.73 Å². The minimum absolute atomic E-state index is 0.750. The molecule has 0 aromatic carbocycles. The van der Waals surface area contributed by atoms with Gasteiger partial charge >= 0.3 is 0 Å². The van der Waals surface area contributed by atoms with Gasteiger partial charge in [-0.05, 0) is 25.5 Å². The van der Waals surface area contributed by atoms with Gasteiger partial charge in [0.1, 0.15) is 5.76 Å². The zero-order valence-corrected chi connectivity index (χ0v) is 6.22. The Morgan fingerprint density at radius 3 is 2.20 bits per heavy atom. The fourth-order valence-corrected chi connectivity index (χ4v) is 0.448. The molecule has 0 unspecified atom stereocenters. The number of hydrogen-bond donors (Lipinski definition) is 2. The van der Waals surface area contributed by atoms with Crippen LogP contribution in [0.3, 0.4) is 0 Å². The van der Waals surface area contributed by atoms with Gasteiger partial charge in [0.05, 0.1) is 12.6 Å². The standard InChI is InChI=1S/C6H8O.CH4N2/c1-5-3-4-7-6(5)2;2-1-3/h3-4H,1-2H3;1H,(H3,2,3). The lowest BCUT2D eigenvalue weighted by Gasteiger charge is -1.79. The van der Waals surface area contributed by atoms with Crippen LogP contribution < -0.4 is 5.73 Å². The first-order chi connectivity index (χ1) is 4.72. The molecule has 0 amide bonds. The van der Waals surface area contributed by atoms with Crippen LogP contribution in [0.2, 0.25) is 0 Å². The Balaban J connectivity index is 0.000000236. The van der Waals surface area contributed by atoms with Gasteiger partial charge in [0.2, 0.25) is 0 Å². The van der Waals surface area contributed by atoms with Crippen molar-refractivity contribution < 1.29 is 4.42 Å². The zero-order valence-electron chi connectivity index (χ0n) is 6.22. The van der Waals surface area contributed by atoms with E-state index in [-0.39, 0.29) is 0 Å². The summed E-state index contributed by atoms with van der Waals surface area (Å²) in [6.07, 6.45) is 2.45. The third kappa shape index (κ3) is 2.91. The molecule has 3 heteroatoms. The number of aryl methyl sites for hydroxylation is 2. The van der Waals surface area contributed by atoms with Gasteiger partial charge in [-0.2, -0.15) is 0 Å². The Hall–Kier alpha value is -1.25. The maximum Gasteiger partial charge on any atom is 0.103 e. The Labute approximate surface area is 60.4 Å². The predicted molar refractivity (Wildman–Crippen MR) is 41.2 cm³/mol. The summed E-state index contributed by atoms with van der Waals surface area (Å²) < 4.78 is 4.96. The van der Waals surface area contributed by atoms with E-state index in [1.807, 2.05) is 19.9 Å². The molecule has 0 saturated heterocycles. The molecule has 0 aliphatic carbocycles. The van der Waals surface area contributed by atoms with Gasteiger partial charge in [0, 0.05) is 0 Å².